The maximum atomic E-state index is 10.2. The van der Waals surface area contributed by atoms with Gasteiger partial charge in [0.15, 0.2) is 0 Å². The standard InChI is InChI=1S/C16H26O2.C16H34O/c1-7-15(3,4)13-11(17)9-10-12(18)14(13)16(5,6)8-2;1-3-5-7-9-11-13-15-17-16-14-12-10-8-6-4-2/h9-10,17-18H,7-8H2,1-6H3;3-16H2,1-2H3. The minimum Gasteiger partial charge on any atom is -0.508 e. The minimum absolute atomic E-state index is 0.148. The Hall–Kier alpha value is -1.22. The fraction of sp³-hybridized carbons (Fsp3) is 0.812. The Morgan fingerprint density at radius 3 is 1.17 bits per heavy atom. The lowest BCUT2D eigenvalue weighted by Gasteiger charge is -2.34. The molecule has 0 atom stereocenters. The molecule has 0 amide bonds. The van der Waals surface area contributed by atoms with Crippen LogP contribution in [0.2, 0.25) is 0 Å². The molecular weight excluding hydrogens is 432 g/mol. The summed E-state index contributed by atoms with van der Waals surface area (Å²) >= 11 is 0. The van der Waals surface area contributed by atoms with E-state index >= 15 is 0 Å². The molecule has 1 aromatic carbocycles. The molecule has 0 aromatic heterocycles. The van der Waals surface area contributed by atoms with Gasteiger partial charge in [0, 0.05) is 24.3 Å². The van der Waals surface area contributed by atoms with E-state index in [1.807, 2.05) is 0 Å². The van der Waals surface area contributed by atoms with Gasteiger partial charge in [-0.3, -0.25) is 0 Å². The van der Waals surface area contributed by atoms with Crippen molar-refractivity contribution in [2.24, 2.45) is 0 Å². The van der Waals surface area contributed by atoms with Crippen LogP contribution in [0.3, 0.4) is 0 Å². The van der Waals surface area contributed by atoms with Crippen LogP contribution in [0.4, 0.5) is 0 Å². The predicted molar refractivity (Wildman–Crippen MR) is 154 cm³/mol. The number of unbranched alkanes of at least 4 members (excludes halogenated alkanes) is 10. The van der Waals surface area contributed by atoms with Crippen LogP contribution < -0.4 is 0 Å². The summed E-state index contributed by atoms with van der Waals surface area (Å²) in [5.74, 6) is 0.576. The molecule has 3 nitrogen and oxygen atoms in total. The van der Waals surface area contributed by atoms with Crippen molar-refractivity contribution in [3.63, 3.8) is 0 Å². The van der Waals surface area contributed by atoms with E-state index in [0.717, 1.165) is 37.2 Å². The largest absolute Gasteiger partial charge is 0.508 e. The van der Waals surface area contributed by atoms with Crippen molar-refractivity contribution in [3.05, 3.63) is 23.3 Å². The molecule has 0 radical (unpaired) electrons. The van der Waals surface area contributed by atoms with E-state index in [1.165, 1.54) is 77.0 Å². The molecule has 3 heteroatoms. The van der Waals surface area contributed by atoms with Crippen molar-refractivity contribution in [1.29, 1.82) is 0 Å². The SMILES string of the molecule is CCC(C)(C)c1c(O)ccc(O)c1C(C)(C)CC.CCCCCCCCOCCCCCCCC. The second-order valence-electron chi connectivity index (χ2n) is 11.5. The summed E-state index contributed by atoms with van der Waals surface area (Å²) < 4.78 is 5.65. The molecule has 0 aliphatic rings. The van der Waals surface area contributed by atoms with E-state index in [4.69, 9.17) is 4.74 Å². The molecule has 35 heavy (non-hydrogen) atoms. The number of rotatable bonds is 18. The molecule has 0 aliphatic heterocycles. The van der Waals surface area contributed by atoms with E-state index in [2.05, 4.69) is 55.4 Å². The number of hydrogen-bond donors (Lipinski definition) is 2. The quantitative estimate of drug-likeness (QED) is 0.158. The van der Waals surface area contributed by atoms with Crippen LogP contribution in [-0.2, 0) is 15.6 Å². The van der Waals surface area contributed by atoms with Gasteiger partial charge in [0.05, 0.1) is 0 Å². The van der Waals surface area contributed by atoms with Crippen LogP contribution >= 0.6 is 0 Å². The van der Waals surface area contributed by atoms with Gasteiger partial charge >= 0.3 is 0 Å². The number of phenols is 2. The second kappa shape index (κ2) is 19.0. The molecule has 1 rings (SSSR count). The van der Waals surface area contributed by atoms with Crippen molar-refractivity contribution in [2.45, 2.75) is 156 Å². The van der Waals surface area contributed by atoms with Gasteiger partial charge in [-0.05, 0) is 48.6 Å². The highest BCUT2D eigenvalue weighted by atomic mass is 16.5. The molecule has 0 saturated carbocycles. The molecule has 2 N–H and O–H groups in total. The Morgan fingerprint density at radius 1 is 0.543 bits per heavy atom. The summed E-state index contributed by atoms with van der Waals surface area (Å²) in [6, 6.07) is 3.19. The first-order valence-corrected chi connectivity index (χ1v) is 14.7. The van der Waals surface area contributed by atoms with Crippen molar-refractivity contribution in [2.75, 3.05) is 13.2 Å². The third-order valence-electron chi connectivity index (χ3n) is 7.57. The first-order valence-electron chi connectivity index (χ1n) is 14.7. The normalized spacial score (nSPS) is 11.9. The van der Waals surface area contributed by atoms with Gasteiger partial charge in [-0.25, -0.2) is 0 Å². The van der Waals surface area contributed by atoms with Crippen LogP contribution in [0, 0.1) is 0 Å². The summed E-state index contributed by atoms with van der Waals surface area (Å²) in [6.07, 6.45) is 18.2. The zero-order valence-corrected chi connectivity index (χ0v) is 24.8. The van der Waals surface area contributed by atoms with E-state index in [-0.39, 0.29) is 22.3 Å². The van der Waals surface area contributed by atoms with Gasteiger partial charge in [-0.15, -0.1) is 0 Å². The van der Waals surface area contributed by atoms with Crippen LogP contribution in [0.5, 0.6) is 11.5 Å². The van der Waals surface area contributed by atoms with Gasteiger partial charge in [0.25, 0.3) is 0 Å². The van der Waals surface area contributed by atoms with Crippen molar-refractivity contribution in [1.82, 2.24) is 0 Å². The summed E-state index contributed by atoms with van der Waals surface area (Å²) in [6.45, 7) is 19.1. The minimum atomic E-state index is -0.148. The molecule has 0 spiro atoms. The van der Waals surface area contributed by atoms with Gasteiger partial charge in [-0.2, -0.15) is 0 Å². The van der Waals surface area contributed by atoms with Gasteiger partial charge < -0.3 is 14.9 Å². The Morgan fingerprint density at radius 2 is 0.857 bits per heavy atom. The van der Waals surface area contributed by atoms with Crippen LogP contribution in [0.25, 0.3) is 0 Å². The number of ether oxygens (including phenoxy) is 1. The number of phenolic OH excluding ortho intramolecular Hbond substituents is 2. The lowest BCUT2D eigenvalue weighted by Crippen LogP contribution is -2.25. The Bertz CT molecular complexity index is 593. The van der Waals surface area contributed by atoms with Crippen molar-refractivity contribution < 1.29 is 14.9 Å². The number of benzene rings is 1. The lowest BCUT2D eigenvalue weighted by atomic mass is 9.70. The van der Waals surface area contributed by atoms with Gasteiger partial charge in [0.1, 0.15) is 11.5 Å². The fourth-order valence-corrected chi connectivity index (χ4v) is 4.38. The third kappa shape index (κ3) is 13.6. The summed E-state index contributed by atoms with van der Waals surface area (Å²) in [7, 11) is 0. The predicted octanol–water partition coefficient (Wildman–Crippen LogP) is 10.2. The molecule has 0 bridgehead atoms. The Labute approximate surface area is 219 Å². The van der Waals surface area contributed by atoms with E-state index in [9.17, 15) is 10.2 Å². The fourth-order valence-electron chi connectivity index (χ4n) is 4.38. The van der Waals surface area contributed by atoms with Crippen LogP contribution in [0.15, 0.2) is 12.1 Å². The summed E-state index contributed by atoms with van der Waals surface area (Å²) in [4.78, 5) is 0. The highest BCUT2D eigenvalue weighted by molar-refractivity contribution is 5.54. The topological polar surface area (TPSA) is 49.7 Å². The Kier molecular flexibility index (Phi) is 18.3. The highest BCUT2D eigenvalue weighted by Gasteiger charge is 2.33. The summed E-state index contributed by atoms with van der Waals surface area (Å²) in [5.41, 5.74) is 1.48. The smallest absolute Gasteiger partial charge is 0.119 e. The number of hydrogen-bond acceptors (Lipinski definition) is 3. The number of aromatic hydroxyl groups is 2. The second-order valence-corrected chi connectivity index (χ2v) is 11.5. The average molecular weight is 493 g/mol. The van der Waals surface area contributed by atoms with Gasteiger partial charge in [-0.1, -0.05) is 120 Å². The molecule has 0 fully saturated rings. The highest BCUT2D eigenvalue weighted by Crippen LogP contribution is 2.46. The zero-order chi connectivity index (χ0) is 26.7. The third-order valence-corrected chi connectivity index (χ3v) is 7.57. The average Bonchev–Trinajstić information content (AvgIpc) is 2.83. The molecule has 0 heterocycles. The lowest BCUT2D eigenvalue weighted by molar-refractivity contribution is 0.125. The first kappa shape index (κ1) is 33.8. The van der Waals surface area contributed by atoms with Gasteiger partial charge in [0.2, 0.25) is 0 Å². The van der Waals surface area contributed by atoms with Crippen molar-refractivity contribution >= 4 is 0 Å². The molecule has 0 saturated heterocycles. The van der Waals surface area contributed by atoms with E-state index < -0.39 is 0 Å². The van der Waals surface area contributed by atoms with Crippen LogP contribution in [0.1, 0.15) is 156 Å². The molecule has 0 aliphatic carbocycles. The maximum Gasteiger partial charge on any atom is 0.119 e. The summed E-state index contributed by atoms with van der Waals surface area (Å²) in [5, 5.41) is 20.5. The first-order chi connectivity index (χ1) is 16.6. The molecular formula is C32H60O3. The molecule has 206 valence electrons. The van der Waals surface area contributed by atoms with E-state index in [0.29, 0.717) is 0 Å². The van der Waals surface area contributed by atoms with Crippen LogP contribution in [-0.4, -0.2) is 23.4 Å². The molecule has 1 aromatic rings. The van der Waals surface area contributed by atoms with E-state index in [1.54, 1.807) is 12.1 Å². The maximum absolute atomic E-state index is 10.2. The van der Waals surface area contributed by atoms with Crippen molar-refractivity contribution in [3.8, 4) is 11.5 Å². The monoisotopic (exact) mass is 492 g/mol. The Balaban J connectivity index is 0.000000662. The molecule has 0 unspecified atom stereocenters. The zero-order valence-electron chi connectivity index (χ0n) is 24.8.